The highest BCUT2D eigenvalue weighted by Gasteiger charge is 2.17. The summed E-state index contributed by atoms with van der Waals surface area (Å²) < 4.78 is 16.5. The predicted octanol–water partition coefficient (Wildman–Crippen LogP) is 2.02. The molecule has 1 atom stereocenters. The number of rotatable bonds is 10. The molecular weight excluding hydrogens is 406 g/mol. The van der Waals surface area contributed by atoms with Crippen molar-refractivity contribution >= 4 is 34.4 Å². The number of halogens is 1. The van der Waals surface area contributed by atoms with E-state index in [1.54, 1.807) is 25.6 Å². The monoisotopic (exact) mass is 433 g/mol. The van der Waals surface area contributed by atoms with Crippen LogP contribution in [0, 0.1) is 0 Å². The molecule has 1 unspecified atom stereocenters. The van der Waals surface area contributed by atoms with Gasteiger partial charge in [-0.2, -0.15) is 0 Å². The SMILES string of the molecule is COCCOC(CN=CC(=CN)c1cnc2ccc(Cl)nc2c1)CN1CCOCC1. The fraction of sp³-hybridized carbons (Fsp3) is 0.476. The first kappa shape index (κ1) is 22.6. The Labute approximate surface area is 181 Å². The van der Waals surface area contributed by atoms with Gasteiger partial charge in [0.25, 0.3) is 0 Å². The van der Waals surface area contributed by atoms with Crippen LogP contribution in [-0.4, -0.2) is 86.9 Å². The molecule has 2 N–H and O–H groups in total. The molecule has 1 saturated heterocycles. The molecule has 2 aromatic rings. The summed E-state index contributed by atoms with van der Waals surface area (Å²) in [6.07, 6.45) is 4.98. The number of hydrogen-bond acceptors (Lipinski definition) is 8. The normalized spacial score (nSPS) is 17.1. The van der Waals surface area contributed by atoms with E-state index >= 15 is 0 Å². The van der Waals surface area contributed by atoms with Crippen molar-refractivity contribution in [1.82, 2.24) is 14.9 Å². The quantitative estimate of drug-likeness (QED) is 0.348. The Morgan fingerprint density at radius 3 is 2.93 bits per heavy atom. The van der Waals surface area contributed by atoms with Gasteiger partial charge < -0.3 is 19.9 Å². The van der Waals surface area contributed by atoms with Crippen molar-refractivity contribution in [3.8, 4) is 0 Å². The zero-order chi connectivity index (χ0) is 21.2. The molecule has 3 heterocycles. The number of morpholine rings is 1. The van der Waals surface area contributed by atoms with Crippen molar-refractivity contribution in [3.63, 3.8) is 0 Å². The van der Waals surface area contributed by atoms with Crippen LogP contribution in [0.3, 0.4) is 0 Å². The summed E-state index contributed by atoms with van der Waals surface area (Å²) in [4.78, 5) is 15.7. The average molecular weight is 434 g/mol. The van der Waals surface area contributed by atoms with Crippen LogP contribution >= 0.6 is 11.6 Å². The minimum Gasteiger partial charge on any atom is -0.404 e. The number of fused-ring (bicyclic) bond motifs is 1. The molecule has 9 heteroatoms. The minimum atomic E-state index is -0.0382. The summed E-state index contributed by atoms with van der Waals surface area (Å²) in [6.45, 7) is 5.70. The number of hydrogen-bond donors (Lipinski definition) is 1. The van der Waals surface area contributed by atoms with E-state index in [4.69, 9.17) is 31.5 Å². The Morgan fingerprint density at radius 2 is 2.17 bits per heavy atom. The molecule has 0 saturated carbocycles. The van der Waals surface area contributed by atoms with Crippen molar-refractivity contribution in [1.29, 1.82) is 0 Å². The van der Waals surface area contributed by atoms with Crippen LogP contribution in [0.15, 0.2) is 35.6 Å². The van der Waals surface area contributed by atoms with E-state index in [-0.39, 0.29) is 6.10 Å². The number of ether oxygens (including phenoxy) is 3. The first-order valence-electron chi connectivity index (χ1n) is 9.94. The largest absolute Gasteiger partial charge is 0.404 e. The van der Waals surface area contributed by atoms with Crippen LogP contribution in [0.4, 0.5) is 0 Å². The van der Waals surface area contributed by atoms with E-state index in [2.05, 4.69) is 19.9 Å². The molecule has 8 nitrogen and oxygen atoms in total. The molecule has 0 bridgehead atoms. The first-order chi connectivity index (χ1) is 14.7. The zero-order valence-corrected chi connectivity index (χ0v) is 17.9. The van der Waals surface area contributed by atoms with Crippen LogP contribution in [0.25, 0.3) is 16.6 Å². The maximum absolute atomic E-state index is 6.00. The van der Waals surface area contributed by atoms with E-state index in [0.29, 0.717) is 30.4 Å². The number of methoxy groups -OCH3 is 1. The van der Waals surface area contributed by atoms with Gasteiger partial charge in [0.1, 0.15) is 5.15 Å². The van der Waals surface area contributed by atoms with Crippen molar-refractivity contribution in [2.24, 2.45) is 10.7 Å². The lowest BCUT2D eigenvalue weighted by molar-refractivity contribution is -0.0209. The van der Waals surface area contributed by atoms with E-state index in [1.165, 1.54) is 6.20 Å². The molecule has 1 fully saturated rings. The van der Waals surface area contributed by atoms with Crippen LogP contribution in [-0.2, 0) is 14.2 Å². The molecule has 0 spiro atoms. The van der Waals surface area contributed by atoms with Gasteiger partial charge in [-0.15, -0.1) is 0 Å². The lowest BCUT2D eigenvalue weighted by Gasteiger charge is -2.29. The highest BCUT2D eigenvalue weighted by molar-refractivity contribution is 6.29. The fourth-order valence-corrected chi connectivity index (χ4v) is 3.31. The molecule has 0 radical (unpaired) electrons. The van der Waals surface area contributed by atoms with E-state index in [0.717, 1.165) is 49.5 Å². The predicted molar refractivity (Wildman–Crippen MR) is 119 cm³/mol. The smallest absolute Gasteiger partial charge is 0.129 e. The van der Waals surface area contributed by atoms with Crippen molar-refractivity contribution < 1.29 is 14.2 Å². The number of allylic oxidation sites excluding steroid dienone is 1. The van der Waals surface area contributed by atoms with Crippen LogP contribution in [0.1, 0.15) is 5.56 Å². The summed E-state index contributed by atoms with van der Waals surface area (Å²) >= 11 is 6.00. The van der Waals surface area contributed by atoms with Gasteiger partial charge in [0, 0.05) is 56.5 Å². The number of pyridine rings is 2. The van der Waals surface area contributed by atoms with Crippen LogP contribution in [0.5, 0.6) is 0 Å². The Morgan fingerprint density at radius 1 is 1.33 bits per heavy atom. The summed E-state index contributed by atoms with van der Waals surface area (Å²) in [5.41, 5.74) is 8.91. The van der Waals surface area contributed by atoms with E-state index in [1.807, 2.05) is 12.1 Å². The van der Waals surface area contributed by atoms with Gasteiger partial charge >= 0.3 is 0 Å². The molecule has 1 aliphatic rings. The molecule has 2 aromatic heterocycles. The van der Waals surface area contributed by atoms with E-state index < -0.39 is 0 Å². The summed E-state index contributed by atoms with van der Waals surface area (Å²) in [6, 6.07) is 5.46. The van der Waals surface area contributed by atoms with Gasteiger partial charge in [-0.1, -0.05) is 11.6 Å². The number of aromatic nitrogens is 2. The third kappa shape index (κ3) is 6.72. The Balaban J connectivity index is 1.65. The molecule has 0 amide bonds. The molecule has 162 valence electrons. The average Bonchev–Trinajstić information content (AvgIpc) is 2.77. The van der Waals surface area contributed by atoms with Crippen molar-refractivity contribution in [2.75, 3.05) is 59.7 Å². The van der Waals surface area contributed by atoms with Gasteiger partial charge in [-0.3, -0.25) is 14.9 Å². The van der Waals surface area contributed by atoms with Crippen LogP contribution < -0.4 is 5.73 Å². The maximum Gasteiger partial charge on any atom is 0.129 e. The third-order valence-electron chi connectivity index (χ3n) is 4.76. The second-order valence-electron chi connectivity index (χ2n) is 6.91. The lowest BCUT2D eigenvalue weighted by Crippen LogP contribution is -2.42. The zero-order valence-electron chi connectivity index (χ0n) is 17.2. The van der Waals surface area contributed by atoms with Gasteiger partial charge in [-0.25, -0.2) is 4.98 Å². The van der Waals surface area contributed by atoms with E-state index in [9.17, 15) is 0 Å². The topological polar surface area (TPSA) is 95.1 Å². The fourth-order valence-electron chi connectivity index (χ4n) is 3.15. The van der Waals surface area contributed by atoms with Gasteiger partial charge in [0.05, 0.1) is 50.1 Å². The highest BCUT2D eigenvalue weighted by Crippen LogP contribution is 2.18. The number of nitrogens with two attached hydrogens (primary N) is 1. The minimum absolute atomic E-state index is 0.0382. The second kappa shape index (κ2) is 11.9. The lowest BCUT2D eigenvalue weighted by atomic mass is 10.1. The Bertz CT molecular complexity index is 871. The molecular formula is C21H28ClN5O3. The summed E-state index contributed by atoms with van der Waals surface area (Å²) in [7, 11) is 1.66. The summed E-state index contributed by atoms with van der Waals surface area (Å²) in [5.74, 6) is 0. The van der Waals surface area contributed by atoms with Crippen LogP contribution in [0.2, 0.25) is 5.15 Å². The number of nitrogens with zero attached hydrogens (tertiary/aromatic N) is 4. The maximum atomic E-state index is 6.00. The summed E-state index contributed by atoms with van der Waals surface area (Å²) in [5, 5.41) is 0.424. The molecule has 0 aliphatic carbocycles. The molecule has 0 aromatic carbocycles. The molecule has 3 rings (SSSR count). The number of aliphatic imine (C=N–C) groups is 1. The third-order valence-corrected chi connectivity index (χ3v) is 4.97. The van der Waals surface area contributed by atoms with Gasteiger partial charge in [0.2, 0.25) is 0 Å². The highest BCUT2D eigenvalue weighted by atomic mass is 35.5. The Hall–Kier alpha value is -2.10. The van der Waals surface area contributed by atoms with Gasteiger partial charge in [0.15, 0.2) is 0 Å². The Kier molecular flexibility index (Phi) is 8.98. The molecule has 30 heavy (non-hydrogen) atoms. The van der Waals surface area contributed by atoms with Gasteiger partial charge in [-0.05, 0) is 18.2 Å². The van der Waals surface area contributed by atoms with Crippen molar-refractivity contribution in [2.45, 2.75) is 6.10 Å². The van der Waals surface area contributed by atoms with Crippen molar-refractivity contribution in [3.05, 3.63) is 41.3 Å². The standard InChI is InChI=1S/C21H28ClN5O3/c1-28-8-9-30-18(15-27-4-6-29-7-5-27)14-24-12-17(11-23)16-10-20-19(25-13-16)2-3-21(22)26-20/h2-3,10-13,18H,4-9,14-15,23H2,1H3. The second-order valence-corrected chi connectivity index (χ2v) is 7.30. The molecule has 1 aliphatic heterocycles. The first-order valence-corrected chi connectivity index (χ1v) is 10.3.